The fraction of sp³-hybridized carbons (Fsp3) is 0.571. The van der Waals surface area contributed by atoms with E-state index in [-0.39, 0.29) is 4.83 Å². The molecule has 1 aliphatic rings. The zero-order valence-corrected chi connectivity index (χ0v) is 14.3. The highest BCUT2D eigenvalue weighted by molar-refractivity contribution is 9.10. The molecule has 1 fully saturated rings. The molecule has 0 saturated carbocycles. The highest BCUT2D eigenvalue weighted by Gasteiger charge is 2.26. The maximum Gasteiger partial charge on any atom is 0.133 e. The van der Waals surface area contributed by atoms with E-state index < -0.39 is 0 Å². The molecular weight excluding hydrogens is 376 g/mol. The normalized spacial score (nSPS) is 20.9. The molecule has 106 valence electrons. The van der Waals surface area contributed by atoms with Crippen molar-refractivity contribution in [2.75, 3.05) is 27.4 Å². The fourth-order valence-electron chi connectivity index (χ4n) is 2.35. The van der Waals surface area contributed by atoms with Gasteiger partial charge in [0.05, 0.1) is 25.3 Å². The number of halogens is 2. The first-order valence-electron chi connectivity index (χ1n) is 6.30. The van der Waals surface area contributed by atoms with Crippen LogP contribution >= 0.6 is 31.9 Å². The molecule has 19 heavy (non-hydrogen) atoms. The first-order valence-corrected chi connectivity index (χ1v) is 8.01. The Balaban J connectivity index is 2.30. The van der Waals surface area contributed by atoms with Gasteiger partial charge in [0.15, 0.2) is 0 Å². The van der Waals surface area contributed by atoms with Gasteiger partial charge in [-0.2, -0.15) is 0 Å². The Labute approximate surface area is 130 Å². The van der Waals surface area contributed by atoms with E-state index >= 15 is 0 Å². The van der Waals surface area contributed by atoms with E-state index in [1.165, 1.54) is 0 Å². The van der Waals surface area contributed by atoms with Gasteiger partial charge < -0.3 is 14.2 Å². The lowest BCUT2D eigenvalue weighted by molar-refractivity contribution is 0.0544. The number of hydrogen-bond donors (Lipinski definition) is 0. The van der Waals surface area contributed by atoms with Crippen LogP contribution in [0.3, 0.4) is 0 Å². The molecule has 0 spiro atoms. The zero-order chi connectivity index (χ0) is 13.8. The molecule has 1 saturated heterocycles. The van der Waals surface area contributed by atoms with Crippen molar-refractivity contribution in [1.82, 2.24) is 0 Å². The summed E-state index contributed by atoms with van der Waals surface area (Å²) in [6, 6.07) is 3.98. The van der Waals surface area contributed by atoms with Crippen molar-refractivity contribution in [3.05, 3.63) is 22.2 Å². The SMILES string of the molecule is COc1cc(C(Br)C2CCCOC2)c(OC)cc1Br. The smallest absolute Gasteiger partial charge is 0.133 e. The van der Waals surface area contributed by atoms with Crippen molar-refractivity contribution in [1.29, 1.82) is 0 Å². The minimum atomic E-state index is 0.213. The van der Waals surface area contributed by atoms with Gasteiger partial charge in [-0.3, -0.25) is 0 Å². The van der Waals surface area contributed by atoms with Crippen molar-refractivity contribution >= 4 is 31.9 Å². The second-order valence-corrected chi connectivity index (χ2v) is 6.45. The Bertz CT molecular complexity index is 431. The average Bonchev–Trinajstić information content (AvgIpc) is 2.47. The van der Waals surface area contributed by atoms with E-state index in [9.17, 15) is 0 Å². The maximum absolute atomic E-state index is 5.57. The molecule has 0 N–H and O–H groups in total. The number of hydrogen-bond acceptors (Lipinski definition) is 3. The van der Waals surface area contributed by atoms with E-state index in [0.29, 0.717) is 5.92 Å². The third kappa shape index (κ3) is 3.44. The molecule has 2 atom stereocenters. The maximum atomic E-state index is 5.57. The number of alkyl halides is 1. The molecule has 0 aliphatic carbocycles. The van der Waals surface area contributed by atoms with Crippen LogP contribution in [0.5, 0.6) is 11.5 Å². The lowest BCUT2D eigenvalue weighted by Gasteiger charge is -2.28. The van der Waals surface area contributed by atoms with E-state index in [1.807, 2.05) is 12.1 Å². The fourth-order valence-corrected chi connectivity index (χ4v) is 3.61. The molecule has 1 heterocycles. The van der Waals surface area contributed by atoms with Gasteiger partial charge in [0.1, 0.15) is 11.5 Å². The molecule has 1 aliphatic heterocycles. The first-order chi connectivity index (χ1) is 9.17. The highest BCUT2D eigenvalue weighted by atomic mass is 79.9. The number of benzene rings is 1. The van der Waals surface area contributed by atoms with Crippen LogP contribution in [0.1, 0.15) is 23.2 Å². The highest BCUT2D eigenvalue weighted by Crippen LogP contribution is 2.43. The number of ether oxygens (including phenoxy) is 3. The summed E-state index contributed by atoms with van der Waals surface area (Å²) in [6.07, 6.45) is 2.28. The van der Waals surface area contributed by atoms with Crippen molar-refractivity contribution in [2.45, 2.75) is 17.7 Å². The second kappa shape index (κ2) is 6.95. The van der Waals surface area contributed by atoms with Crippen molar-refractivity contribution in [3.63, 3.8) is 0 Å². The van der Waals surface area contributed by atoms with Gasteiger partial charge in [-0.05, 0) is 46.8 Å². The summed E-state index contributed by atoms with van der Waals surface area (Å²) in [6.45, 7) is 1.66. The van der Waals surface area contributed by atoms with Crippen LogP contribution in [0.15, 0.2) is 16.6 Å². The van der Waals surface area contributed by atoms with E-state index in [4.69, 9.17) is 14.2 Å². The standard InChI is InChI=1S/C14H18Br2O3/c1-17-12-7-11(15)13(18-2)6-10(12)14(16)9-4-3-5-19-8-9/h6-7,9,14H,3-5,8H2,1-2H3. The summed E-state index contributed by atoms with van der Waals surface area (Å²) in [7, 11) is 3.36. The molecular formula is C14H18Br2O3. The van der Waals surface area contributed by atoms with Gasteiger partial charge in [-0.1, -0.05) is 15.9 Å². The predicted octanol–water partition coefficient (Wildman–Crippen LogP) is 4.33. The van der Waals surface area contributed by atoms with E-state index in [0.717, 1.165) is 47.6 Å². The van der Waals surface area contributed by atoms with Crippen LogP contribution < -0.4 is 9.47 Å². The summed E-state index contributed by atoms with van der Waals surface area (Å²) >= 11 is 7.28. The molecule has 0 aromatic heterocycles. The van der Waals surface area contributed by atoms with Crippen molar-refractivity contribution in [2.24, 2.45) is 5.92 Å². The van der Waals surface area contributed by atoms with Crippen LogP contribution in [-0.4, -0.2) is 27.4 Å². The molecule has 1 aromatic rings. The van der Waals surface area contributed by atoms with Crippen molar-refractivity contribution in [3.8, 4) is 11.5 Å². The van der Waals surface area contributed by atoms with Crippen LogP contribution in [0, 0.1) is 5.92 Å². The number of methoxy groups -OCH3 is 2. The third-order valence-corrected chi connectivity index (χ3v) is 5.27. The van der Waals surface area contributed by atoms with Gasteiger partial charge in [0, 0.05) is 17.0 Å². The topological polar surface area (TPSA) is 27.7 Å². The monoisotopic (exact) mass is 392 g/mol. The van der Waals surface area contributed by atoms with Gasteiger partial charge in [0.25, 0.3) is 0 Å². The zero-order valence-electron chi connectivity index (χ0n) is 11.1. The average molecular weight is 394 g/mol. The third-order valence-electron chi connectivity index (χ3n) is 3.41. The Hall–Kier alpha value is -0.260. The molecule has 2 unspecified atom stereocenters. The molecule has 2 rings (SSSR count). The summed E-state index contributed by atoms with van der Waals surface area (Å²) < 4.78 is 17.3. The van der Waals surface area contributed by atoms with Crippen LogP contribution in [0.4, 0.5) is 0 Å². The van der Waals surface area contributed by atoms with Crippen LogP contribution in [0.2, 0.25) is 0 Å². The molecule has 0 amide bonds. The molecule has 3 nitrogen and oxygen atoms in total. The lowest BCUT2D eigenvalue weighted by atomic mass is 9.93. The molecule has 0 radical (unpaired) electrons. The second-order valence-electron chi connectivity index (χ2n) is 4.61. The largest absolute Gasteiger partial charge is 0.496 e. The van der Waals surface area contributed by atoms with Gasteiger partial charge in [-0.25, -0.2) is 0 Å². The minimum Gasteiger partial charge on any atom is -0.496 e. The molecule has 5 heteroatoms. The van der Waals surface area contributed by atoms with E-state index in [1.54, 1.807) is 14.2 Å². The van der Waals surface area contributed by atoms with Crippen LogP contribution in [-0.2, 0) is 4.74 Å². The number of rotatable bonds is 4. The van der Waals surface area contributed by atoms with Gasteiger partial charge in [-0.15, -0.1) is 0 Å². The minimum absolute atomic E-state index is 0.213. The molecule has 1 aromatic carbocycles. The Morgan fingerprint density at radius 3 is 2.58 bits per heavy atom. The summed E-state index contributed by atoms with van der Waals surface area (Å²) in [4.78, 5) is 0.213. The Morgan fingerprint density at radius 1 is 1.26 bits per heavy atom. The Morgan fingerprint density at radius 2 is 2.00 bits per heavy atom. The summed E-state index contributed by atoms with van der Waals surface area (Å²) in [5.74, 6) is 2.14. The van der Waals surface area contributed by atoms with Crippen molar-refractivity contribution < 1.29 is 14.2 Å². The Kier molecular flexibility index (Phi) is 5.54. The molecule has 0 bridgehead atoms. The quantitative estimate of drug-likeness (QED) is 0.712. The van der Waals surface area contributed by atoms with Gasteiger partial charge in [0.2, 0.25) is 0 Å². The summed E-state index contributed by atoms with van der Waals surface area (Å²) in [5, 5.41) is 0. The summed E-state index contributed by atoms with van der Waals surface area (Å²) in [5.41, 5.74) is 1.11. The van der Waals surface area contributed by atoms with Crippen LogP contribution in [0.25, 0.3) is 0 Å². The lowest BCUT2D eigenvalue weighted by Crippen LogP contribution is -2.21. The van der Waals surface area contributed by atoms with Gasteiger partial charge >= 0.3 is 0 Å². The first kappa shape index (κ1) is 15.1. The van der Waals surface area contributed by atoms with E-state index in [2.05, 4.69) is 31.9 Å². The predicted molar refractivity (Wildman–Crippen MR) is 82.5 cm³/mol.